The lowest BCUT2D eigenvalue weighted by molar-refractivity contribution is -0.156. The number of hydrogen-bond donors (Lipinski definition) is 2. The van der Waals surface area contributed by atoms with Gasteiger partial charge in [-0.25, -0.2) is 4.79 Å². The van der Waals surface area contributed by atoms with Gasteiger partial charge in [-0.1, -0.05) is 12.1 Å². The van der Waals surface area contributed by atoms with Crippen LogP contribution in [0.1, 0.15) is 25.5 Å². The summed E-state index contributed by atoms with van der Waals surface area (Å²) in [6, 6.07) is 3.91. The highest BCUT2D eigenvalue weighted by Gasteiger charge is 2.32. The molecule has 6 nitrogen and oxygen atoms in total. The van der Waals surface area contributed by atoms with Crippen molar-refractivity contribution in [3.8, 4) is 5.75 Å². The van der Waals surface area contributed by atoms with Gasteiger partial charge in [0.25, 0.3) is 0 Å². The molecule has 0 saturated carbocycles. The molecule has 0 radical (unpaired) electrons. The summed E-state index contributed by atoms with van der Waals surface area (Å²) in [5, 5.41) is 18.3. The molecule has 0 aromatic heterocycles. The number of hydrogen-bond acceptors (Lipinski definition) is 4. The Kier molecular flexibility index (Phi) is 4.04. The number of phenols is 1. The number of amides is 2. The fourth-order valence-corrected chi connectivity index (χ4v) is 1.64. The average Bonchev–Trinajstić information content (AvgIpc) is 2.25. The Morgan fingerprint density at radius 2 is 1.50 bits per heavy atom. The van der Waals surface area contributed by atoms with Crippen LogP contribution in [0, 0.1) is 0 Å². The second-order valence-electron chi connectivity index (χ2n) is 3.74. The van der Waals surface area contributed by atoms with Crippen molar-refractivity contribution in [2.75, 3.05) is 0 Å². The highest BCUT2D eigenvalue weighted by molar-refractivity contribution is 5.97. The topological polar surface area (TPSA) is 94.9 Å². The molecule has 1 rings (SSSR count). The van der Waals surface area contributed by atoms with Crippen molar-refractivity contribution in [1.82, 2.24) is 4.90 Å². The zero-order valence-electron chi connectivity index (χ0n) is 9.95. The first-order valence-corrected chi connectivity index (χ1v) is 5.16. The Labute approximate surface area is 103 Å². The minimum atomic E-state index is -1.39. The van der Waals surface area contributed by atoms with Crippen molar-refractivity contribution in [2.24, 2.45) is 0 Å². The molecule has 0 aliphatic rings. The average molecular weight is 251 g/mol. The molecule has 6 heteroatoms. The SMILES string of the molecule is CC(=O)N(C(C)=O)C(C(=O)O)c1ccc(O)cc1. The molecule has 1 aromatic carbocycles. The molecule has 1 unspecified atom stereocenters. The minimum Gasteiger partial charge on any atom is -0.508 e. The molecule has 0 saturated heterocycles. The van der Waals surface area contributed by atoms with Gasteiger partial charge in [0.15, 0.2) is 6.04 Å². The van der Waals surface area contributed by atoms with Gasteiger partial charge in [-0.3, -0.25) is 14.5 Å². The van der Waals surface area contributed by atoms with Gasteiger partial charge >= 0.3 is 5.97 Å². The molecule has 0 aliphatic heterocycles. The molecule has 1 aromatic rings. The molecule has 1 atom stereocenters. The van der Waals surface area contributed by atoms with Crippen molar-refractivity contribution >= 4 is 17.8 Å². The number of carboxylic acids is 1. The van der Waals surface area contributed by atoms with Crippen LogP contribution in [0.3, 0.4) is 0 Å². The van der Waals surface area contributed by atoms with Gasteiger partial charge in [0.05, 0.1) is 0 Å². The van der Waals surface area contributed by atoms with E-state index in [1.807, 2.05) is 0 Å². The number of benzene rings is 1. The van der Waals surface area contributed by atoms with E-state index >= 15 is 0 Å². The first-order chi connectivity index (χ1) is 8.34. The first kappa shape index (κ1) is 13.7. The van der Waals surface area contributed by atoms with E-state index in [4.69, 9.17) is 10.2 Å². The van der Waals surface area contributed by atoms with Crippen LogP contribution >= 0.6 is 0 Å². The Bertz CT molecular complexity index is 466. The molecular weight excluding hydrogens is 238 g/mol. The number of phenolic OH excluding ortho intramolecular Hbond substituents is 1. The lowest BCUT2D eigenvalue weighted by Crippen LogP contribution is -2.40. The quantitative estimate of drug-likeness (QED) is 0.832. The third-order valence-electron chi connectivity index (χ3n) is 2.38. The van der Waals surface area contributed by atoms with E-state index in [1.54, 1.807) is 0 Å². The second-order valence-corrected chi connectivity index (χ2v) is 3.74. The molecule has 0 aliphatic carbocycles. The van der Waals surface area contributed by atoms with Gasteiger partial charge < -0.3 is 10.2 Å². The van der Waals surface area contributed by atoms with Crippen molar-refractivity contribution in [3.05, 3.63) is 29.8 Å². The largest absolute Gasteiger partial charge is 0.508 e. The van der Waals surface area contributed by atoms with Crippen molar-refractivity contribution in [2.45, 2.75) is 19.9 Å². The smallest absolute Gasteiger partial charge is 0.331 e. The summed E-state index contributed by atoms with van der Waals surface area (Å²) in [5.74, 6) is -2.64. The Hall–Kier alpha value is -2.37. The third kappa shape index (κ3) is 2.85. The van der Waals surface area contributed by atoms with Crippen LogP contribution in [0.15, 0.2) is 24.3 Å². The highest BCUT2D eigenvalue weighted by atomic mass is 16.4. The Balaban J connectivity index is 3.24. The monoisotopic (exact) mass is 251 g/mol. The number of imide groups is 1. The highest BCUT2D eigenvalue weighted by Crippen LogP contribution is 2.23. The summed E-state index contributed by atoms with van der Waals surface area (Å²) in [6.07, 6.45) is 0. The molecule has 2 N–H and O–H groups in total. The number of aromatic hydroxyl groups is 1. The summed E-state index contributed by atoms with van der Waals surface area (Å²) in [4.78, 5) is 34.6. The van der Waals surface area contributed by atoms with Crippen LogP contribution in [0.4, 0.5) is 0 Å². The number of carbonyl (C=O) groups excluding carboxylic acids is 2. The van der Waals surface area contributed by atoms with Gasteiger partial charge in [-0.05, 0) is 17.7 Å². The predicted molar refractivity (Wildman–Crippen MR) is 61.7 cm³/mol. The zero-order chi connectivity index (χ0) is 13.9. The maximum Gasteiger partial charge on any atom is 0.331 e. The Morgan fingerprint density at radius 3 is 1.83 bits per heavy atom. The van der Waals surface area contributed by atoms with Gasteiger partial charge in [-0.15, -0.1) is 0 Å². The van der Waals surface area contributed by atoms with Crippen LogP contribution < -0.4 is 0 Å². The van der Waals surface area contributed by atoms with E-state index in [9.17, 15) is 14.4 Å². The van der Waals surface area contributed by atoms with E-state index in [2.05, 4.69) is 0 Å². The summed E-state index contributed by atoms with van der Waals surface area (Å²) in [7, 11) is 0. The maximum absolute atomic E-state index is 11.4. The number of rotatable bonds is 3. The summed E-state index contributed by atoms with van der Waals surface area (Å²) >= 11 is 0. The lowest BCUT2D eigenvalue weighted by atomic mass is 10.0. The fourth-order valence-electron chi connectivity index (χ4n) is 1.64. The van der Waals surface area contributed by atoms with E-state index in [0.29, 0.717) is 4.90 Å². The summed E-state index contributed by atoms with van der Waals surface area (Å²) < 4.78 is 0. The molecule has 96 valence electrons. The van der Waals surface area contributed by atoms with Crippen LogP contribution in [0.2, 0.25) is 0 Å². The zero-order valence-corrected chi connectivity index (χ0v) is 9.95. The Morgan fingerprint density at radius 1 is 1.06 bits per heavy atom. The van der Waals surface area contributed by atoms with E-state index in [-0.39, 0.29) is 11.3 Å². The van der Waals surface area contributed by atoms with Crippen molar-refractivity contribution < 1.29 is 24.6 Å². The number of carbonyl (C=O) groups is 3. The van der Waals surface area contributed by atoms with Crippen LogP contribution in [0.25, 0.3) is 0 Å². The third-order valence-corrected chi connectivity index (χ3v) is 2.38. The molecule has 18 heavy (non-hydrogen) atoms. The first-order valence-electron chi connectivity index (χ1n) is 5.16. The van der Waals surface area contributed by atoms with E-state index < -0.39 is 23.8 Å². The molecule has 0 fully saturated rings. The number of nitrogens with zero attached hydrogens (tertiary/aromatic N) is 1. The molecule has 0 heterocycles. The van der Waals surface area contributed by atoms with E-state index in [1.165, 1.54) is 24.3 Å². The van der Waals surface area contributed by atoms with Gasteiger partial charge in [0.2, 0.25) is 11.8 Å². The normalized spacial score (nSPS) is 11.7. The van der Waals surface area contributed by atoms with Gasteiger partial charge in [0.1, 0.15) is 5.75 Å². The number of aliphatic carboxylic acids is 1. The van der Waals surface area contributed by atoms with Crippen molar-refractivity contribution in [1.29, 1.82) is 0 Å². The second kappa shape index (κ2) is 5.31. The van der Waals surface area contributed by atoms with Gasteiger partial charge in [0, 0.05) is 13.8 Å². The predicted octanol–water partition coefficient (Wildman–Crippen LogP) is 0.913. The number of carboxylic acid groups (broad SMARTS) is 1. The standard InChI is InChI=1S/C12H13NO5/c1-7(14)13(8(2)15)11(12(17)18)9-3-5-10(16)6-4-9/h3-6,11,16H,1-2H3,(H,17,18). The van der Waals surface area contributed by atoms with Gasteiger partial charge in [-0.2, -0.15) is 0 Å². The molecule has 0 bridgehead atoms. The molecule has 2 amide bonds. The summed E-state index contributed by atoms with van der Waals surface area (Å²) in [6.45, 7) is 2.25. The molecular formula is C12H13NO5. The van der Waals surface area contributed by atoms with Crippen LogP contribution in [-0.4, -0.2) is 32.9 Å². The fraction of sp³-hybridized carbons (Fsp3) is 0.250. The molecule has 0 spiro atoms. The van der Waals surface area contributed by atoms with Crippen LogP contribution in [0.5, 0.6) is 5.75 Å². The van der Waals surface area contributed by atoms with Crippen molar-refractivity contribution in [3.63, 3.8) is 0 Å². The minimum absolute atomic E-state index is 0.0277. The maximum atomic E-state index is 11.4. The summed E-state index contributed by atoms with van der Waals surface area (Å²) in [5.41, 5.74) is 0.241. The van der Waals surface area contributed by atoms with E-state index in [0.717, 1.165) is 13.8 Å². The van der Waals surface area contributed by atoms with Crippen LogP contribution in [-0.2, 0) is 14.4 Å². The lowest BCUT2D eigenvalue weighted by Gasteiger charge is -2.25.